The number of ether oxygens (including phenoxy) is 2. The number of pyridine rings is 1. The zero-order chi connectivity index (χ0) is 11.7. The van der Waals surface area contributed by atoms with Crippen LogP contribution in [0.15, 0.2) is 36.5 Å². The van der Waals surface area contributed by atoms with Crippen molar-refractivity contribution in [2.45, 2.75) is 12.1 Å². The van der Waals surface area contributed by atoms with Crippen LogP contribution >= 0.6 is 0 Å². The smallest absolute Gasteiger partial charge is 0.139 e. The normalized spacial score (nSPS) is 24.1. The summed E-state index contributed by atoms with van der Waals surface area (Å²) in [5.41, 5.74) is 6.83. The topological polar surface area (TPSA) is 57.4 Å². The Hall–Kier alpha value is -1.65. The predicted molar refractivity (Wildman–Crippen MR) is 65.0 cm³/mol. The van der Waals surface area contributed by atoms with Gasteiger partial charge in [-0.25, -0.2) is 0 Å². The van der Waals surface area contributed by atoms with Gasteiger partial charge in [0.15, 0.2) is 0 Å². The number of benzene rings is 1. The Bertz CT molecular complexity index is 524. The zero-order valence-corrected chi connectivity index (χ0v) is 9.37. The van der Waals surface area contributed by atoms with Gasteiger partial charge in [-0.05, 0) is 18.2 Å². The van der Waals surface area contributed by atoms with Gasteiger partial charge in [0.25, 0.3) is 0 Å². The van der Waals surface area contributed by atoms with E-state index in [9.17, 15) is 0 Å². The van der Waals surface area contributed by atoms with Crippen molar-refractivity contribution in [3.05, 3.63) is 36.5 Å². The Labute approximate surface area is 99.4 Å². The molecule has 0 amide bonds. The van der Waals surface area contributed by atoms with Crippen LogP contribution in [0.4, 0.5) is 0 Å². The third-order valence-electron chi connectivity index (χ3n) is 2.96. The fourth-order valence-electron chi connectivity index (χ4n) is 2.01. The lowest BCUT2D eigenvalue weighted by atomic mass is 10.2. The van der Waals surface area contributed by atoms with Crippen molar-refractivity contribution in [1.29, 1.82) is 0 Å². The summed E-state index contributed by atoms with van der Waals surface area (Å²) in [7, 11) is 0. The largest absolute Gasteiger partial charge is 0.486 e. The summed E-state index contributed by atoms with van der Waals surface area (Å²) in [4.78, 5) is 4.29. The van der Waals surface area contributed by atoms with E-state index in [1.807, 2.05) is 30.3 Å². The van der Waals surface area contributed by atoms with Gasteiger partial charge < -0.3 is 15.2 Å². The molecule has 1 fully saturated rings. The van der Waals surface area contributed by atoms with Gasteiger partial charge >= 0.3 is 0 Å². The predicted octanol–water partition coefficient (Wildman–Crippen LogP) is 1.34. The Morgan fingerprint density at radius 1 is 1.24 bits per heavy atom. The molecule has 17 heavy (non-hydrogen) atoms. The van der Waals surface area contributed by atoms with Gasteiger partial charge in [-0.1, -0.05) is 12.1 Å². The van der Waals surface area contributed by atoms with Gasteiger partial charge in [0.2, 0.25) is 0 Å². The molecule has 1 aliphatic rings. The van der Waals surface area contributed by atoms with Crippen molar-refractivity contribution in [2.24, 2.45) is 5.73 Å². The molecule has 2 unspecified atom stereocenters. The Morgan fingerprint density at radius 2 is 2.12 bits per heavy atom. The number of aromatic nitrogens is 1. The van der Waals surface area contributed by atoms with Crippen LogP contribution in [0, 0.1) is 0 Å². The summed E-state index contributed by atoms with van der Waals surface area (Å²) in [6, 6.07) is 9.72. The van der Waals surface area contributed by atoms with Crippen molar-refractivity contribution >= 4 is 10.9 Å². The van der Waals surface area contributed by atoms with Crippen LogP contribution in [0.25, 0.3) is 10.9 Å². The van der Waals surface area contributed by atoms with Crippen LogP contribution in [0.5, 0.6) is 5.75 Å². The van der Waals surface area contributed by atoms with Crippen LogP contribution in [-0.2, 0) is 4.74 Å². The Morgan fingerprint density at radius 3 is 2.94 bits per heavy atom. The van der Waals surface area contributed by atoms with E-state index in [1.54, 1.807) is 6.20 Å². The first-order valence-corrected chi connectivity index (χ1v) is 5.68. The monoisotopic (exact) mass is 230 g/mol. The van der Waals surface area contributed by atoms with Gasteiger partial charge in [0, 0.05) is 11.6 Å². The first-order valence-electron chi connectivity index (χ1n) is 5.68. The van der Waals surface area contributed by atoms with Crippen LogP contribution < -0.4 is 10.5 Å². The first-order chi connectivity index (χ1) is 8.34. The lowest BCUT2D eigenvalue weighted by Crippen LogP contribution is -2.37. The molecule has 1 aliphatic heterocycles. The van der Waals surface area contributed by atoms with E-state index in [1.165, 1.54) is 0 Å². The van der Waals surface area contributed by atoms with Gasteiger partial charge in [-0.15, -0.1) is 0 Å². The molecule has 2 atom stereocenters. The van der Waals surface area contributed by atoms with Gasteiger partial charge in [-0.3, -0.25) is 4.98 Å². The molecule has 2 heterocycles. The standard InChI is InChI=1S/C13H14N2O2/c14-10-7-16-8-13(10)17-12-5-6-15-11-4-2-1-3-9(11)12/h1-6,10,13H,7-8,14H2. The van der Waals surface area contributed by atoms with Crippen LogP contribution in [0.2, 0.25) is 0 Å². The molecule has 1 saturated heterocycles. The second-order valence-electron chi connectivity index (χ2n) is 4.18. The average molecular weight is 230 g/mol. The summed E-state index contributed by atoms with van der Waals surface area (Å²) >= 11 is 0. The Balaban J connectivity index is 1.94. The number of fused-ring (bicyclic) bond motifs is 1. The fourth-order valence-corrected chi connectivity index (χ4v) is 2.01. The molecule has 0 aliphatic carbocycles. The SMILES string of the molecule is NC1COCC1Oc1ccnc2ccccc12. The van der Waals surface area contributed by atoms with E-state index >= 15 is 0 Å². The number of para-hydroxylation sites is 1. The van der Waals surface area contributed by atoms with E-state index in [-0.39, 0.29) is 12.1 Å². The van der Waals surface area contributed by atoms with Crippen molar-refractivity contribution in [3.8, 4) is 5.75 Å². The minimum Gasteiger partial charge on any atom is -0.486 e. The highest BCUT2D eigenvalue weighted by Crippen LogP contribution is 2.25. The van der Waals surface area contributed by atoms with Gasteiger partial charge in [0.1, 0.15) is 11.9 Å². The Kier molecular flexibility index (Phi) is 2.66. The molecule has 0 radical (unpaired) electrons. The third kappa shape index (κ3) is 1.97. The number of rotatable bonds is 2. The lowest BCUT2D eigenvalue weighted by molar-refractivity contribution is 0.141. The molecule has 1 aromatic carbocycles. The molecule has 3 rings (SSSR count). The average Bonchev–Trinajstić information content (AvgIpc) is 2.76. The fraction of sp³-hybridized carbons (Fsp3) is 0.308. The molecule has 0 spiro atoms. The van der Waals surface area contributed by atoms with E-state index in [0.717, 1.165) is 16.7 Å². The molecule has 4 nitrogen and oxygen atoms in total. The van der Waals surface area contributed by atoms with E-state index < -0.39 is 0 Å². The summed E-state index contributed by atoms with van der Waals surface area (Å²) < 4.78 is 11.2. The zero-order valence-electron chi connectivity index (χ0n) is 9.37. The molecule has 0 saturated carbocycles. The molecule has 0 bridgehead atoms. The van der Waals surface area contributed by atoms with E-state index in [0.29, 0.717) is 13.2 Å². The molecule has 88 valence electrons. The van der Waals surface area contributed by atoms with Crippen molar-refractivity contribution in [1.82, 2.24) is 4.98 Å². The molecule has 4 heteroatoms. The highest BCUT2D eigenvalue weighted by Gasteiger charge is 2.27. The first kappa shape index (κ1) is 10.5. The summed E-state index contributed by atoms with van der Waals surface area (Å²) in [5.74, 6) is 0.821. The maximum atomic E-state index is 5.91. The highest BCUT2D eigenvalue weighted by molar-refractivity contribution is 5.84. The molecular formula is C13H14N2O2. The molecule has 2 N–H and O–H groups in total. The maximum Gasteiger partial charge on any atom is 0.139 e. The van der Waals surface area contributed by atoms with Crippen LogP contribution in [0.1, 0.15) is 0 Å². The second kappa shape index (κ2) is 4.31. The quantitative estimate of drug-likeness (QED) is 0.845. The molecule has 2 aromatic rings. The third-order valence-corrected chi connectivity index (χ3v) is 2.96. The van der Waals surface area contributed by atoms with Crippen molar-refractivity contribution in [3.63, 3.8) is 0 Å². The number of hydrogen-bond acceptors (Lipinski definition) is 4. The highest BCUT2D eigenvalue weighted by atomic mass is 16.5. The van der Waals surface area contributed by atoms with Crippen molar-refractivity contribution < 1.29 is 9.47 Å². The van der Waals surface area contributed by atoms with Crippen molar-refractivity contribution in [2.75, 3.05) is 13.2 Å². The van der Waals surface area contributed by atoms with E-state index in [4.69, 9.17) is 15.2 Å². The summed E-state index contributed by atoms with van der Waals surface area (Å²) in [6.45, 7) is 1.12. The summed E-state index contributed by atoms with van der Waals surface area (Å²) in [5, 5.41) is 1.01. The number of nitrogens with two attached hydrogens (primary N) is 1. The minimum absolute atomic E-state index is 0.0538. The van der Waals surface area contributed by atoms with Crippen LogP contribution in [-0.4, -0.2) is 30.3 Å². The van der Waals surface area contributed by atoms with Gasteiger partial charge in [-0.2, -0.15) is 0 Å². The maximum absolute atomic E-state index is 5.91. The number of hydrogen-bond donors (Lipinski definition) is 1. The van der Waals surface area contributed by atoms with E-state index in [2.05, 4.69) is 4.98 Å². The van der Waals surface area contributed by atoms with Gasteiger partial charge in [0.05, 0.1) is 24.8 Å². The van der Waals surface area contributed by atoms with Crippen LogP contribution in [0.3, 0.4) is 0 Å². The summed E-state index contributed by atoms with van der Waals surface area (Å²) in [6.07, 6.45) is 1.68. The minimum atomic E-state index is -0.0687. The molecular weight excluding hydrogens is 216 g/mol. The second-order valence-corrected chi connectivity index (χ2v) is 4.18. The lowest BCUT2D eigenvalue weighted by Gasteiger charge is -2.17. The molecule has 1 aromatic heterocycles. The number of nitrogens with zero attached hydrogens (tertiary/aromatic N) is 1.